The summed E-state index contributed by atoms with van der Waals surface area (Å²) in [5, 5.41) is 0. The number of amides is 8. The van der Waals surface area contributed by atoms with Gasteiger partial charge in [-0.3, -0.25) is 58.0 Å². The standard InChI is InChI=1S/C11H10N2O4.C7H6F3NO2.C6H6FNO2/c14-8-2-3-9(15)12(8)6-1-7-13-10(16)4-5-11(13)17;8-3-7(9,10)4-11-5(12)1-2-6(11)13;7-3-4-8-5(9)1-2-6(8)10/h2-5H,1,6-7H2;1-2H,3-4H2;1-2H,3-4H2. The molecule has 0 bridgehead atoms. The number of hydrogen-bond acceptors (Lipinski definition) is 8. The normalized spacial score (nSPS) is 18.0. The number of alkyl halides is 4. The molecule has 0 aromatic rings. The average Bonchev–Trinajstić information content (AvgIpc) is 3.62. The molecule has 0 unspecified atom stereocenters. The highest BCUT2D eigenvalue weighted by molar-refractivity contribution is 6.14. The van der Waals surface area contributed by atoms with E-state index in [0.717, 1.165) is 39.0 Å². The van der Waals surface area contributed by atoms with Gasteiger partial charge < -0.3 is 0 Å². The third kappa shape index (κ3) is 8.37. The summed E-state index contributed by atoms with van der Waals surface area (Å²) < 4.78 is 48.1. The minimum absolute atomic E-state index is 0.134. The molecule has 0 atom stereocenters. The highest BCUT2D eigenvalue weighted by Crippen LogP contribution is 2.18. The van der Waals surface area contributed by atoms with E-state index >= 15 is 0 Å². The Kier molecular flexibility index (Phi) is 10.9. The summed E-state index contributed by atoms with van der Waals surface area (Å²) in [6.07, 6.45) is 9.22. The van der Waals surface area contributed by atoms with Crippen LogP contribution in [0.25, 0.3) is 0 Å². The van der Waals surface area contributed by atoms with Crippen LogP contribution >= 0.6 is 0 Å². The predicted molar refractivity (Wildman–Crippen MR) is 125 cm³/mol. The molecule has 4 aliphatic heterocycles. The van der Waals surface area contributed by atoms with Crippen LogP contribution in [0.4, 0.5) is 17.6 Å². The van der Waals surface area contributed by atoms with Crippen molar-refractivity contribution in [2.45, 2.75) is 12.3 Å². The topological polar surface area (TPSA) is 150 Å². The van der Waals surface area contributed by atoms with Gasteiger partial charge in [0.1, 0.15) is 6.67 Å². The van der Waals surface area contributed by atoms with Gasteiger partial charge in [-0.2, -0.15) is 0 Å². The highest BCUT2D eigenvalue weighted by atomic mass is 19.3. The smallest absolute Gasteiger partial charge is 0.275 e. The van der Waals surface area contributed by atoms with E-state index in [2.05, 4.69) is 0 Å². The van der Waals surface area contributed by atoms with Crippen molar-refractivity contribution in [3.05, 3.63) is 48.6 Å². The van der Waals surface area contributed by atoms with E-state index in [1.807, 2.05) is 0 Å². The molecule has 4 heterocycles. The minimum Gasteiger partial charge on any atom is -0.275 e. The zero-order chi connectivity index (χ0) is 30.0. The van der Waals surface area contributed by atoms with E-state index < -0.39 is 49.4 Å². The molecule has 40 heavy (non-hydrogen) atoms. The highest BCUT2D eigenvalue weighted by Gasteiger charge is 2.37. The Hall–Kier alpha value is -4.76. The maximum atomic E-state index is 12.4. The molecular formula is C24H22F4N4O8. The van der Waals surface area contributed by atoms with Crippen LogP contribution in [0.5, 0.6) is 0 Å². The van der Waals surface area contributed by atoms with Crippen molar-refractivity contribution in [1.82, 2.24) is 19.6 Å². The molecule has 12 nitrogen and oxygen atoms in total. The van der Waals surface area contributed by atoms with Crippen molar-refractivity contribution < 1.29 is 55.9 Å². The van der Waals surface area contributed by atoms with E-state index in [1.54, 1.807) is 0 Å². The lowest BCUT2D eigenvalue weighted by molar-refractivity contribution is -0.144. The third-order valence-corrected chi connectivity index (χ3v) is 5.26. The molecule has 4 rings (SSSR count). The Bertz CT molecular complexity index is 1110. The Morgan fingerprint density at radius 1 is 0.475 bits per heavy atom. The molecule has 4 aliphatic rings. The van der Waals surface area contributed by atoms with E-state index in [4.69, 9.17) is 0 Å². The number of imide groups is 4. The summed E-state index contributed by atoms with van der Waals surface area (Å²) in [5.74, 6) is -7.60. The second kappa shape index (κ2) is 13.9. The second-order valence-electron chi connectivity index (χ2n) is 8.11. The maximum absolute atomic E-state index is 12.4. The molecule has 0 fully saturated rings. The molecular weight excluding hydrogens is 548 g/mol. The second-order valence-corrected chi connectivity index (χ2v) is 8.11. The van der Waals surface area contributed by atoms with E-state index in [9.17, 15) is 55.9 Å². The van der Waals surface area contributed by atoms with Gasteiger partial charge in [0.15, 0.2) is 6.67 Å². The van der Waals surface area contributed by atoms with Crippen LogP contribution < -0.4 is 0 Å². The van der Waals surface area contributed by atoms with Gasteiger partial charge in [0.2, 0.25) is 0 Å². The average molecular weight is 570 g/mol. The predicted octanol–water partition coefficient (Wildman–Crippen LogP) is -0.376. The van der Waals surface area contributed by atoms with Crippen LogP contribution in [-0.2, 0) is 38.4 Å². The zero-order valence-corrected chi connectivity index (χ0v) is 20.6. The molecule has 0 saturated carbocycles. The molecule has 16 heteroatoms. The number of carbonyl (C=O) groups excluding carboxylic acids is 8. The van der Waals surface area contributed by atoms with Gasteiger partial charge in [0.25, 0.3) is 53.2 Å². The van der Waals surface area contributed by atoms with Crippen LogP contribution in [0, 0.1) is 0 Å². The van der Waals surface area contributed by atoms with E-state index in [0.29, 0.717) is 11.3 Å². The molecule has 0 aromatic heterocycles. The number of nitrogens with zero attached hydrogens (tertiary/aromatic N) is 4. The van der Waals surface area contributed by atoms with E-state index in [-0.39, 0.29) is 43.3 Å². The molecule has 8 amide bonds. The fraction of sp³-hybridized carbons (Fsp3) is 0.333. The Labute approximate surface area is 223 Å². The van der Waals surface area contributed by atoms with Crippen LogP contribution in [0.15, 0.2) is 48.6 Å². The third-order valence-electron chi connectivity index (χ3n) is 5.26. The molecule has 0 radical (unpaired) electrons. The lowest BCUT2D eigenvalue weighted by Gasteiger charge is -2.19. The minimum atomic E-state index is -3.66. The van der Waals surface area contributed by atoms with Gasteiger partial charge >= 0.3 is 0 Å². The van der Waals surface area contributed by atoms with Crippen molar-refractivity contribution in [3.63, 3.8) is 0 Å². The lowest BCUT2D eigenvalue weighted by atomic mass is 10.3. The molecule has 0 spiro atoms. The first kappa shape index (κ1) is 31.5. The number of rotatable bonds is 9. The van der Waals surface area contributed by atoms with Crippen LogP contribution in [-0.4, -0.2) is 112 Å². The van der Waals surface area contributed by atoms with Gasteiger partial charge in [-0.1, -0.05) is 0 Å². The van der Waals surface area contributed by atoms with Crippen molar-refractivity contribution >= 4 is 47.3 Å². The summed E-state index contributed by atoms with van der Waals surface area (Å²) in [6, 6.07) is 0. The Morgan fingerprint density at radius 2 is 0.750 bits per heavy atom. The van der Waals surface area contributed by atoms with Crippen molar-refractivity contribution in [1.29, 1.82) is 0 Å². The Morgan fingerprint density at radius 3 is 1.02 bits per heavy atom. The van der Waals surface area contributed by atoms with Crippen LogP contribution in [0.2, 0.25) is 0 Å². The largest absolute Gasteiger partial charge is 0.293 e. The quantitative estimate of drug-likeness (QED) is 0.269. The zero-order valence-electron chi connectivity index (χ0n) is 20.6. The lowest BCUT2D eigenvalue weighted by Crippen LogP contribution is -2.41. The first-order chi connectivity index (χ1) is 18.8. The first-order valence-corrected chi connectivity index (χ1v) is 11.4. The fourth-order valence-electron chi connectivity index (χ4n) is 3.29. The number of hydrogen-bond donors (Lipinski definition) is 0. The molecule has 0 aromatic carbocycles. The van der Waals surface area contributed by atoms with Crippen LogP contribution in [0.3, 0.4) is 0 Å². The van der Waals surface area contributed by atoms with Gasteiger partial charge in [0.05, 0.1) is 13.1 Å². The van der Waals surface area contributed by atoms with Gasteiger partial charge in [-0.15, -0.1) is 0 Å². The van der Waals surface area contributed by atoms with E-state index in [1.165, 1.54) is 24.3 Å². The van der Waals surface area contributed by atoms with Crippen molar-refractivity contribution in [2.75, 3.05) is 39.5 Å². The van der Waals surface area contributed by atoms with Crippen molar-refractivity contribution in [3.8, 4) is 0 Å². The molecule has 214 valence electrons. The SMILES string of the molecule is O=C1C=CC(=O)N1CC(F)(F)CF.O=C1C=CC(=O)N1CCCN1C(=O)C=CC1=O.O=C1C=CC(=O)N1CCF. The van der Waals surface area contributed by atoms with Gasteiger partial charge in [0, 0.05) is 61.7 Å². The summed E-state index contributed by atoms with van der Waals surface area (Å²) in [7, 11) is 0. The summed E-state index contributed by atoms with van der Waals surface area (Å²) >= 11 is 0. The summed E-state index contributed by atoms with van der Waals surface area (Å²) in [5.41, 5.74) is 0. The molecule has 0 N–H and O–H groups in total. The molecule has 0 aliphatic carbocycles. The van der Waals surface area contributed by atoms with Gasteiger partial charge in [-0.05, 0) is 6.42 Å². The fourth-order valence-corrected chi connectivity index (χ4v) is 3.29. The Balaban J connectivity index is 0.000000218. The number of carbonyl (C=O) groups is 8. The summed E-state index contributed by atoms with van der Waals surface area (Å²) in [6.45, 7) is -3.48. The van der Waals surface area contributed by atoms with Crippen LogP contribution in [0.1, 0.15) is 6.42 Å². The van der Waals surface area contributed by atoms with Crippen molar-refractivity contribution in [2.24, 2.45) is 0 Å². The number of halogens is 4. The first-order valence-electron chi connectivity index (χ1n) is 11.4. The monoisotopic (exact) mass is 570 g/mol. The maximum Gasteiger partial charge on any atom is 0.293 e. The van der Waals surface area contributed by atoms with Gasteiger partial charge in [-0.25, -0.2) is 17.6 Å². The summed E-state index contributed by atoms with van der Waals surface area (Å²) in [4.78, 5) is 90.9. The molecule has 0 saturated heterocycles.